The second kappa shape index (κ2) is 7.89. The zero-order valence-corrected chi connectivity index (χ0v) is 15.4. The fourth-order valence-corrected chi connectivity index (χ4v) is 3.91. The molecule has 0 N–H and O–H groups in total. The Balaban J connectivity index is 1.54. The van der Waals surface area contributed by atoms with E-state index in [1.807, 2.05) is 0 Å². The van der Waals surface area contributed by atoms with Crippen molar-refractivity contribution in [2.45, 2.75) is 45.1 Å². The average molecular weight is 343 g/mol. The molecule has 1 saturated carbocycles. The van der Waals surface area contributed by atoms with E-state index < -0.39 is 0 Å². The van der Waals surface area contributed by atoms with E-state index in [1.165, 1.54) is 17.7 Å². The van der Waals surface area contributed by atoms with E-state index in [2.05, 4.69) is 36.1 Å². The smallest absolute Gasteiger partial charge is 0.312 e. The van der Waals surface area contributed by atoms with Gasteiger partial charge in [0.25, 0.3) is 0 Å². The van der Waals surface area contributed by atoms with Crippen molar-refractivity contribution in [3.8, 4) is 0 Å². The van der Waals surface area contributed by atoms with Gasteiger partial charge in [0.05, 0.1) is 0 Å². The van der Waals surface area contributed by atoms with Crippen LogP contribution in [0, 0.1) is 6.92 Å². The lowest BCUT2D eigenvalue weighted by Crippen LogP contribution is -2.54. The van der Waals surface area contributed by atoms with E-state index in [-0.39, 0.29) is 17.9 Å². The lowest BCUT2D eigenvalue weighted by atomic mass is 9.94. The number of nitrogens with zero attached hydrogens (tertiary/aromatic N) is 3. The SMILES string of the molecule is Cc1cccc(N2CCN(C(=O)C(=O)N(C)C3CCCCC3)CC2)c1. The molecule has 0 unspecified atom stereocenters. The molecular weight excluding hydrogens is 314 g/mol. The Morgan fingerprint density at radius 3 is 2.36 bits per heavy atom. The number of aryl methyl sites for hydroxylation is 1. The summed E-state index contributed by atoms with van der Waals surface area (Å²) in [4.78, 5) is 30.8. The van der Waals surface area contributed by atoms with Crippen LogP contribution in [0.1, 0.15) is 37.7 Å². The van der Waals surface area contributed by atoms with Gasteiger partial charge >= 0.3 is 11.8 Å². The second-order valence-electron chi connectivity index (χ2n) is 7.33. The molecule has 136 valence electrons. The Bertz CT molecular complexity index is 617. The van der Waals surface area contributed by atoms with Gasteiger partial charge in [-0.3, -0.25) is 9.59 Å². The maximum Gasteiger partial charge on any atom is 0.312 e. The number of likely N-dealkylation sites (N-methyl/N-ethyl adjacent to an activating group) is 1. The zero-order chi connectivity index (χ0) is 17.8. The molecular formula is C20H29N3O2. The van der Waals surface area contributed by atoms with Gasteiger partial charge in [-0.05, 0) is 37.5 Å². The summed E-state index contributed by atoms with van der Waals surface area (Å²) in [7, 11) is 1.79. The van der Waals surface area contributed by atoms with Crippen molar-refractivity contribution in [3.63, 3.8) is 0 Å². The lowest BCUT2D eigenvalue weighted by molar-refractivity contribution is -0.152. The summed E-state index contributed by atoms with van der Waals surface area (Å²) < 4.78 is 0. The molecule has 0 bridgehead atoms. The van der Waals surface area contributed by atoms with Gasteiger partial charge in [-0.2, -0.15) is 0 Å². The van der Waals surface area contributed by atoms with Gasteiger partial charge < -0.3 is 14.7 Å². The van der Waals surface area contributed by atoms with E-state index in [4.69, 9.17) is 0 Å². The van der Waals surface area contributed by atoms with Gasteiger partial charge in [0, 0.05) is 45.0 Å². The third-order valence-electron chi connectivity index (χ3n) is 5.56. The lowest BCUT2D eigenvalue weighted by Gasteiger charge is -2.37. The first-order valence-electron chi connectivity index (χ1n) is 9.44. The molecule has 0 atom stereocenters. The van der Waals surface area contributed by atoms with Crippen LogP contribution in [0.4, 0.5) is 5.69 Å². The normalized spacial score (nSPS) is 19.0. The fraction of sp³-hybridized carbons (Fsp3) is 0.600. The Morgan fingerprint density at radius 2 is 1.72 bits per heavy atom. The highest BCUT2D eigenvalue weighted by atomic mass is 16.2. The van der Waals surface area contributed by atoms with Gasteiger partial charge in [-0.25, -0.2) is 0 Å². The molecule has 5 heteroatoms. The van der Waals surface area contributed by atoms with Crippen LogP contribution < -0.4 is 4.90 Å². The van der Waals surface area contributed by atoms with Crippen molar-refractivity contribution >= 4 is 17.5 Å². The molecule has 25 heavy (non-hydrogen) atoms. The van der Waals surface area contributed by atoms with Crippen LogP contribution in [0.15, 0.2) is 24.3 Å². The van der Waals surface area contributed by atoms with Crippen LogP contribution in [0.3, 0.4) is 0 Å². The molecule has 0 aromatic heterocycles. The summed E-state index contributed by atoms with van der Waals surface area (Å²) in [6.07, 6.45) is 5.61. The number of anilines is 1. The highest BCUT2D eigenvalue weighted by molar-refractivity contribution is 6.34. The molecule has 1 aliphatic heterocycles. The molecule has 2 fully saturated rings. The van der Waals surface area contributed by atoms with Crippen LogP contribution in [-0.4, -0.2) is 60.9 Å². The van der Waals surface area contributed by atoms with Crippen molar-refractivity contribution in [1.82, 2.24) is 9.80 Å². The van der Waals surface area contributed by atoms with Crippen LogP contribution in [0.25, 0.3) is 0 Å². The molecule has 3 rings (SSSR count). The van der Waals surface area contributed by atoms with E-state index in [0.717, 1.165) is 38.8 Å². The number of piperazine rings is 1. The maximum absolute atomic E-state index is 12.6. The number of benzene rings is 1. The van der Waals surface area contributed by atoms with Crippen LogP contribution in [0.2, 0.25) is 0 Å². The second-order valence-corrected chi connectivity index (χ2v) is 7.33. The summed E-state index contributed by atoms with van der Waals surface area (Å²) in [5.41, 5.74) is 2.43. The van der Waals surface area contributed by atoms with Gasteiger partial charge in [-0.1, -0.05) is 31.4 Å². The minimum atomic E-state index is -0.337. The molecule has 0 spiro atoms. The van der Waals surface area contributed by atoms with E-state index in [9.17, 15) is 9.59 Å². The summed E-state index contributed by atoms with van der Waals surface area (Å²) in [5, 5.41) is 0. The standard InChI is InChI=1S/C20H29N3O2/c1-16-7-6-10-18(15-16)22-11-13-23(14-12-22)20(25)19(24)21(2)17-8-4-3-5-9-17/h6-7,10,15,17H,3-5,8-9,11-14H2,1-2H3. The molecule has 1 aromatic carbocycles. The van der Waals surface area contributed by atoms with Crippen molar-refractivity contribution in [2.75, 3.05) is 38.1 Å². The number of rotatable bonds is 2. The molecule has 1 heterocycles. The average Bonchev–Trinajstić information content (AvgIpc) is 2.67. The predicted molar refractivity (Wildman–Crippen MR) is 99.6 cm³/mol. The Kier molecular flexibility index (Phi) is 5.61. The van der Waals surface area contributed by atoms with Gasteiger partial charge in [0.15, 0.2) is 0 Å². The summed E-state index contributed by atoms with van der Waals surface area (Å²) in [5.74, 6) is -0.673. The third-order valence-corrected chi connectivity index (χ3v) is 5.56. The number of carbonyl (C=O) groups is 2. The van der Waals surface area contributed by atoms with Gasteiger partial charge in [-0.15, -0.1) is 0 Å². The molecule has 1 aliphatic carbocycles. The highest BCUT2D eigenvalue weighted by Gasteiger charge is 2.31. The molecule has 0 radical (unpaired) electrons. The first kappa shape index (κ1) is 17.8. The topological polar surface area (TPSA) is 43.9 Å². The van der Waals surface area contributed by atoms with Crippen LogP contribution in [0.5, 0.6) is 0 Å². The monoisotopic (exact) mass is 343 g/mol. The molecule has 1 saturated heterocycles. The van der Waals surface area contributed by atoms with Crippen LogP contribution >= 0.6 is 0 Å². The Labute approximate surface area is 150 Å². The van der Waals surface area contributed by atoms with Crippen molar-refractivity contribution < 1.29 is 9.59 Å². The first-order chi connectivity index (χ1) is 12.1. The van der Waals surface area contributed by atoms with Crippen molar-refractivity contribution in [2.24, 2.45) is 0 Å². The summed E-state index contributed by atoms with van der Waals surface area (Å²) >= 11 is 0. The van der Waals surface area contributed by atoms with Crippen molar-refractivity contribution in [1.29, 1.82) is 0 Å². The Morgan fingerprint density at radius 1 is 1.04 bits per heavy atom. The van der Waals surface area contributed by atoms with E-state index >= 15 is 0 Å². The third kappa shape index (κ3) is 4.14. The first-order valence-corrected chi connectivity index (χ1v) is 9.44. The van der Waals surface area contributed by atoms with E-state index in [1.54, 1.807) is 16.8 Å². The largest absolute Gasteiger partial charge is 0.368 e. The minimum Gasteiger partial charge on any atom is -0.368 e. The van der Waals surface area contributed by atoms with Crippen LogP contribution in [-0.2, 0) is 9.59 Å². The number of hydrogen-bond donors (Lipinski definition) is 0. The summed E-state index contributed by atoms with van der Waals surface area (Å²) in [6.45, 7) is 4.85. The predicted octanol–water partition coefficient (Wildman–Crippen LogP) is 2.43. The molecule has 2 aliphatic rings. The van der Waals surface area contributed by atoms with E-state index in [0.29, 0.717) is 13.1 Å². The number of hydrogen-bond acceptors (Lipinski definition) is 3. The molecule has 5 nitrogen and oxygen atoms in total. The fourth-order valence-electron chi connectivity index (χ4n) is 3.91. The maximum atomic E-state index is 12.6. The highest BCUT2D eigenvalue weighted by Crippen LogP contribution is 2.22. The van der Waals surface area contributed by atoms with Gasteiger partial charge in [0.1, 0.15) is 0 Å². The van der Waals surface area contributed by atoms with Crippen molar-refractivity contribution in [3.05, 3.63) is 29.8 Å². The number of carbonyl (C=O) groups excluding carboxylic acids is 2. The Hall–Kier alpha value is -2.04. The minimum absolute atomic E-state index is 0.235. The molecule has 2 amide bonds. The van der Waals surface area contributed by atoms with Gasteiger partial charge in [0.2, 0.25) is 0 Å². The quantitative estimate of drug-likeness (QED) is 0.775. The zero-order valence-electron chi connectivity index (χ0n) is 15.4. The molecule has 1 aromatic rings. The summed E-state index contributed by atoms with van der Waals surface area (Å²) in [6, 6.07) is 8.65. The number of amides is 2.